The Kier molecular flexibility index (Phi) is 8.52. The van der Waals surface area contributed by atoms with Crippen molar-refractivity contribution >= 4 is 40.8 Å². The third kappa shape index (κ3) is 7.81. The summed E-state index contributed by atoms with van der Waals surface area (Å²) in [6, 6.07) is 10.3. The number of rotatable bonds is 6. The van der Waals surface area contributed by atoms with E-state index in [4.69, 9.17) is 22.1 Å². The molecule has 37 heavy (non-hydrogen) atoms. The van der Waals surface area contributed by atoms with Gasteiger partial charge >= 0.3 is 12.2 Å². The fourth-order valence-electron chi connectivity index (χ4n) is 2.75. The Labute approximate surface area is 213 Å². The van der Waals surface area contributed by atoms with Gasteiger partial charge in [-0.05, 0) is 55.5 Å². The van der Waals surface area contributed by atoms with Gasteiger partial charge in [0.2, 0.25) is 0 Å². The van der Waals surface area contributed by atoms with E-state index >= 15 is 0 Å². The molecule has 0 aliphatic heterocycles. The number of nitrogens with two attached hydrogens (primary N) is 1. The van der Waals surface area contributed by atoms with Gasteiger partial charge in [0.15, 0.2) is 0 Å². The summed E-state index contributed by atoms with van der Waals surface area (Å²) in [7, 11) is 0. The van der Waals surface area contributed by atoms with Gasteiger partial charge in [-0.3, -0.25) is 25.4 Å². The lowest BCUT2D eigenvalue weighted by Crippen LogP contribution is -2.48. The number of nitrogens with zero attached hydrogens (tertiary/aromatic N) is 1. The van der Waals surface area contributed by atoms with E-state index in [-0.39, 0.29) is 17.1 Å². The van der Waals surface area contributed by atoms with Crippen molar-refractivity contribution in [1.82, 2.24) is 15.8 Å². The second-order valence-electron chi connectivity index (χ2n) is 7.51. The van der Waals surface area contributed by atoms with Crippen molar-refractivity contribution in [1.29, 1.82) is 0 Å². The van der Waals surface area contributed by atoms with Gasteiger partial charge in [-0.15, -0.1) is 0 Å². The predicted molar refractivity (Wildman–Crippen MR) is 129 cm³/mol. The number of carbonyl (C=O) groups is 3. The number of alkyl halides is 3. The number of hydrazine groups is 1. The largest absolute Gasteiger partial charge is 0.457 e. The van der Waals surface area contributed by atoms with Gasteiger partial charge in [0.25, 0.3) is 11.8 Å². The van der Waals surface area contributed by atoms with Crippen LogP contribution < -0.4 is 32.0 Å². The standard InChI is InChI=1S/C23H20ClF3N6O4/c1-12(28)20(34)32-33-21(35)19-11-16(8-9-29-19)37-15-5-2-13(3-6-15)30-22(36)31-14-4-7-18(24)17(10-14)23(25,26)27/h2-12H,28H2,1H3,(H,32,34)(H,33,35)(H2,30,31,36). The average molecular weight is 537 g/mol. The fourth-order valence-corrected chi connectivity index (χ4v) is 2.98. The maximum absolute atomic E-state index is 13.0. The SMILES string of the molecule is CC(N)C(=O)NNC(=O)c1cc(Oc2ccc(NC(=O)Nc3ccc(Cl)c(C(F)(F)F)c3)cc2)ccn1. The summed E-state index contributed by atoms with van der Waals surface area (Å²) in [5, 5.41) is 4.31. The first-order valence-corrected chi connectivity index (χ1v) is 10.8. The molecule has 1 heterocycles. The van der Waals surface area contributed by atoms with Crippen LogP contribution in [-0.4, -0.2) is 28.9 Å². The normalized spacial score (nSPS) is 11.7. The van der Waals surface area contributed by atoms with Crippen LogP contribution in [0.2, 0.25) is 5.02 Å². The molecule has 0 bridgehead atoms. The molecule has 14 heteroatoms. The molecule has 0 saturated carbocycles. The number of hydrogen-bond acceptors (Lipinski definition) is 6. The molecule has 0 saturated heterocycles. The summed E-state index contributed by atoms with van der Waals surface area (Å²) < 4.78 is 44.6. The zero-order valence-electron chi connectivity index (χ0n) is 19.0. The van der Waals surface area contributed by atoms with Crippen LogP contribution in [0, 0.1) is 0 Å². The summed E-state index contributed by atoms with van der Waals surface area (Å²) in [5.41, 5.74) is 8.87. The highest BCUT2D eigenvalue weighted by Crippen LogP contribution is 2.36. The number of pyridine rings is 1. The highest BCUT2D eigenvalue weighted by Gasteiger charge is 2.33. The molecule has 1 atom stereocenters. The van der Waals surface area contributed by atoms with Crippen LogP contribution in [0.5, 0.6) is 11.5 Å². The zero-order chi connectivity index (χ0) is 27.2. The first kappa shape index (κ1) is 27.2. The van der Waals surface area contributed by atoms with E-state index in [1.54, 1.807) is 0 Å². The fraction of sp³-hybridized carbons (Fsp3) is 0.130. The Hall–Kier alpha value is -4.36. The molecule has 3 aromatic rings. The first-order chi connectivity index (χ1) is 17.4. The zero-order valence-corrected chi connectivity index (χ0v) is 19.8. The Morgan fingerprint density at radius 2 is 1.59 bits per heavy atom. The number of halogens is 4. The quantitative estimate of drug-likeness (QED) is 0.297. The molecule has 4 amide bonds. The molecule has 2 aromatic carbocycles. The Morgan fingerprint density at radius 3 is 2.24 bits per heavy atom. The smallest absolute Gasteiger partial charge is 0.417 e. The molecule has 0 fully saturated rings. The average Bonchev–Trinajstić information content (AvgIpc) is 2.84. The van der Waals surface area contributed by atoms with Crippen LogP contribution in [0.3, 0.4) is 0 Å². The van der Waals surface area contributed by atoms with E-state index < -0.39 is 40.6 Å². The third-order valence-corrected chi connectivity index (χ3v) is 4.88. The van der Waals surface area contributed by atoms with Crippen molar-refractivity contribution in [3.8, 4) is 11.5 Å². The molecule has 194 valence electrons. The minimum atomic E-state index is -4.67. The summed E-state index contributed by atoms with van der Waals surface area (Å²) >= 11 is 5.58. The Balaban J connectivity index is 1.58. The van der Waals surface area contributed by atoms with E-state index in [1.807, 2.05) is 0 Å². The van der Waals surface area contributed by atoms with Gasteiger partial charge in [0.05, 0.1) is 16.6 Å². The summed E-state index contributed by atoms with van der Waals surface area (Å²) in [4.78, 5) is 39.7. The molecule has 0 aliphatic rings. The van der Waals surface area contributed by atoms with E-state index in [0.29, 0.717) is 11.4 Å². The maximum atomic E-state index is 13.0. The van der Waals surface area contributed by atoms with Crippen molar-refractivity contribution < 1.29 is 32.3 Å². The van der Waals surface area contributed by atoms with Gasteiger partial charge in [0.1, 0.15) is 17.2 Å². The maximum Gasteiger partial charge on any atom is 0.417 e. The molecule has 0 spiro atoms. The molecular weight excluding hydrogens is 517 g/mol. The van der Waals surface area contributed by atoms with Crippen molar-refractivity contribution in [2.45, 2.75) is 19.1 Å². The second-order valence-corrected chi connectivity index (χ2v) is 7.91. The minimum Gasteiger partial charge on any atom is -0.457 e. The number of carbonyl (C=O) groups excluding carboxylic acids is 3. The van der Waals surface area contributed by atoms with E-state index in [2.05, 4.69) is 26.5 Å². The Bertz CT molecular complexity index is 1300. The number of hydrogen-bond donors (Lipinski definition) is 5. The van der Waals surface area contributed by atoms with Gasteiger partial charge in [-0.25, -0.2) is 4.79 Å². The molecule has 10 nitrogen and oxygen atoms in total. The number of amides is 4. The van der Waals surface area contributed by atoms with Crippen LogP contribution in [0.4, 0.5) is 29.3 Å². The molecule has 1 unspecified atom stereocenters. The highest BCUT2D eigenvalue weighted by atomic mass is 35.5. The van der Waals surface area contributed by atoms with E-state index in [1.165, 1.54) is 55.6 Å². The van der Waals surface area contributed by atoms with Crippen molar-refractivity contribution in [2.24, 2.45) is 5.73 Å². The minimum absolute atomic E-state index is 0.0340. The topological polar surface area (TPSA) is 147 Å². The van der Waals surface area contributed by atoms with Crippen LogP contribution >= 0.6 is 11.6 Å². The van der Waals surface area contributed by atoms with Crippen LogP contribution in [0.25, 0.3) is 0 Å². The highest BCUT2D eigenvalue weighted by molar-refractivity contribution is 6.31. The monoisotopic (exact) mass is 536 g/mol. The lowest BCUT2D eigenvalue weighted by Gasteiger charge is -2.13. The molecule has 3 rings (SSSR count). The second kappa shape index (κ2) is 11.6. The lowest BCUT2D eigenvalue weighted by molar-refractivity contribution is -0.137. The predicted octanol–water partition coefficient (Wildman–Crippen LogP) is 4.30. The van der Waals surface area contributed by atoms with Crippen LogP contribution in [0.1, 0.15) is 23.0 Å². The van der Waals surface area contributed by atoms with Crippen LogP contribution in [-0.2, 0) is 11.0 Å². The molecule has 0 radical (unpaired) electrons. The number of urea groups is 1. The summed E-state index contributed by atoms with van der Waals surface area (Å²) in [6.07, 6.45) is -3.33. The van der Waals surface area contributed by atoms with Crippen molar-refractivity contribution in [3.05, 3.63) is 77.1 Å². The molecule has 1 aromatic heterocycles. The first-order valence-electron chi connectivity index (χ1n) is 10.5. The summed E-state index contributed by atoms with van der Waals surface area (Å²) in [5.74, 6) is -0.656. The number of nitrogens with one attached hydrogen (secondary N) is 4. The lowest BCUT2D eigenvalue weighted by atomic mass is 10.2. The van der Waals surface area contributed by atoms with E-state index in [9.17, 15) is 27.6 Å². The van der Waals surface area contributed by atoms with Crippen molar-refractivity contribution in [2.75, 3.05) is 10.6 Å². The Morgan fingerprint density at radius 1 is 0.946 bits per heavy atom. The number of ether oxygens (including phenoxy) is 1. The van der Waals surface area contributed by atoms with E-state index in [0.717, 1.165) is 12.1 Å². The number of anilines is 2. The molecule has 6 N–H and O–H groups in total. The van der Waals surface area contributed by atoms with Gasteiger partial charge in [-0.1, -0.05) is 11.6 Å². The van der Waals surface area contributed by atoms with Gasteiger partial charge in [-0.2, -0.15) is 13.2 Å². The summed E-state index contributed by atoms with van der Waals surface area (Å²) in [6.45, 7) is 1.45. The van der Waals surface area contributed by atoms with Gasteiger partial charge in [0, 0.05) is 23.6 Å². The third-order valence-electron chi connectivity index (χ3n) is 4.55. The van der Waals surface area contributed by atoms with Crippen LogP contribution in [0.15, 0.2) is 60.8 Å². The molecule has 0 aliphatic carbocycles. The van der Waals surface area contributed by atoms with Crippen molar-refractivity contribution in [3.63, 3.8) is 0 Å². The number of benzene rings is 2. The molecular formula is C23H20ClF3N6O4. The van der Waals surface area contributed by atoms with Gasteiger partial charge < -0.3 is 21.1 Å². The number of aromatic nitrogens is 1.